The van der Waals surface area contributed by atoms with Crippen LogP contribution < -0.4 is 0 Å². The molecule has 0 aliphatic carbocycles. The summed E-state index contributed by atoms with van der Waals surface area (Å²) in [6.45, 7) is 0. The molecule has 0 saturated carbocycles. The molecule has 0 aliphatic heterocycles. The highest BCUT2D eigenvalue weighted by Gasteiger charge is 2.22. The van der Waals surface area contributed by atoms with Crippen molar-refractivity contribution in [3.63, 3.8) is 0 Å². The molecule has 0 atom stereocenters. The fraction of sp³-hybridized carbons (Fsp3) is 0. The molecule has 0 bridgehead atoms. The molecule has 9 aromatic carbocycles. The zero-order valence-corrected chi connectivity index (χ0v) is 34.3. The summed E-state index contributed by atoms with van der Waals surface area (Å²) >= 11 is 1.88. The molecule has 0 aliphatic rings. The summed E-state index contributed by atoms with van der Waals surface area (Å²) in [7, 11) is 0. The van der Waals surface area contributed by atoms with E-state index in [1.807, 2.05) is 35.6 Å². The van der Waals surface area contributed by atoms with Gasteiger partial charge in [-0.05, 0) is 57.6 Å². The number of benzene rings is 9. The minimum atomic E-state index is 0.617. The van der Waals surface area contributed by atoms with Crippen molar-refractivity contribution in [2.45, 2.75) is 0 Å². The van der Waals surface area contributed by atoms with Gasteiger partial charge in [0.15, 0.2) is 17.5 Å². The first-order valence-electron chi connectivity index (χ1n) is 20.9. The molecule has 3 aromatic heterocycles. The Morgan fingerprint density at radius 2 is 0.790 bits per heavy atom. The standard InChI is InChI=1S/C57H36N4S/c1-4-16-37(17-5-1)39-30-32-41(33-31-39)56-58-55(40-20-8-3-9-21-40)59-57(60-56)49-25-11-13-29-51(49)61-50-28-12-10-24-45(50)46-34-35-48-47-27-15-26-44(53(47)62-54(48)52(46)61)43-23-14-22-42(36-43)38-18-6-2-7-19-38/h1-36H. The molecule has 12 aromatic rings. The Balaban J connectivity index is 1.07. The minimum Gasteiger partial charge on any atom is -0.307 e. The molecule has 0 fully saturated rings. The van der Waals surface area contributed by atoms with Crippen molar-refractivity contribution in [3.8, 4) is 73.2 Å². The van der Waals surface area contributed by atoms with Crippen LogP contribution in [0, 0.1) is 0 Å². The number of fused-ring (bicyclic) bond motifs is 7. The van der Waals surface area contributed by atoms with Gasteiger partial charge in [-0.25, -0.2) is 15.0 Å². The fourth-order valence-electron chi connectivity index (χ4n) is 8.92. The van der Waals surface area contributed by atoms with Gasteiger partial charge in [0.25, 0.3) is 0 Å². The maximum Gasteiger partial charge on any atom is 0.166 e. The second kappa shape index (κ2) is 14.9. The van der Waals surface area contributed by atoms with Gasteiger partial charge in [-0.2, -0.15) is 0 Å². The van der Waals surface area contributed by atoms with Crippen LogP contribution in [0.15, 0.2) is 218 Å². The average Bonchev–Trinajstić information content (AvgIpc) is 3.91. The number of para-hydroxylation sites is 2. The zero-order valence-electron chi connectivity index (χ0n) is 33.5. The molecule has 5 heteroatoms. The second-order valence-electron chi connectivity index (χ2n) is 15.6. The lowest BCUT2D eigenvalue weighted by Crippen LogP contribution is -2.03. The van der Waals surface area contributed by atoms with Gasteiger partial charge < -0.3 is 4.57 Å². The summed E-state index contributed by atoms with van der Waals surface area (Å²) in [5.41, 5.74) is 13.3. The third kappa shape index (κ3) is 6.09. The Hall–Kier alpha value is -7.99. The van der Waals surface area contributed by atoms with Gasteiger partial charge in [0.1, 0.15) is 0 Å². The van der Waals surface area contributed by atoms with E-state index in [1.165, 1.54) is 64.3 Å². The smallest absolute Gasteiger partial charge is 0.166 e. The van der Waals surface area contributed by atoms with Gasteiger partial charge >= 0.3 is 0 Å². The number of thiophene rings is 1. The van der Waals surface area contributed by atoms with Crippen LogP contribution in [0.2, 0.25) is 0 Å². The Morgan fingerprint density at radius 1 is 0.306 bits per heavy atom. The summed E-state index contributed by atoms with van der Waals surface area (Å²) in [5.74, 6) is 1.87. The highest BCUT2D eigenvalue weighted by molar-refractivity contribution is 7.27. The van der Waals surface area contributed by atoms with Gasteiger partial charge in [-0.3, -0.25) is 0 Å². The lowest BCUT2D eigenvalue weighted by Gasteiger charge is -2.15. The van der Waals surface area contributed by atoms with E-state index in [2.05, 4.69) is 199 Å². The molecule has 3 heterocycles. The van der Waals surface area contributed by atoms with Crippen molar-refractivity contribution in [3.05, 3.63) is 218 Å². The van der Waals surface area contributed by atoms with Crippen LogP contribution in [0.4, 0.5) is 0 Å². The lowest BCUT2D eigenvalue weighted by molar-refractivity contribution is 1.06. The number of nitrogens with zero attached hydrogens (tertiary/aromatic N) is 4. The summed E-state index contributed by atoms with van der Waals surface area (Å²) in [6.07, 6.45) is 0. The molecule has 12 rings (SSSR count). The first-order valence-corrected chi connectivity index (χ1v) is 21.7. The van der Waals surface area contributed by atoms with Crippen molar-refractivity contribution >= 4 is 53.3 Å². The maximum atomic E-state index is 5.27. The van der Waals surface area contributed by atoms with Crippen molar-refractivity contribution in [2.75, 3.05) is 0 Å². The van der Waals surface area contributed by atoms with Gasteiger partial charge in [-0.15, -0.1) is 11.3 Å². The summed E-state index contributed by atoms with van der Waals surface area (Å²) in [5, 5.41) is 4.91. The molecule has 0 saturated heterocycles. The lowest BCUT2D eigenvalue weighted by atomic mass is 9.98. The van der Waals surface area contributed by atoms with Crippen LogP contribution in [-0.4, -0.2) is 19.5 Å². The SMILES string of the molecule is c1ccc(-c2ccc(-c3nc(-c4ccccc4)nc(-c4ccccc4-n4c5ccccc5c5ccc6c7cccc(-c8cccc(-c9ccccc9)c8)c7sc6c54)n3)cc2)cc1. The molecule has 0 radical (unpaired) electrons. The van der Waals surface area contributed by atoms with E-state index in [9.17, 15) is 0 Å². The second-order valence-corrected chi connectivity index (χ2v) is 16.6. The van der Waals surface area contributed by atoms with Crippen molar-refractivity contribution in [1.29, 1.82) is 0 Å². The van der Waals surface area contributed by atoms with Gasteiger partial charge in [-0.1, -0.05) is 194 Å². The fourth-order valence-corrected chi connectivity index (χ4v) is 10.3. The van der Waals surface area contributed by atoms with E-state index >= 15 is 0 Å². The minimum absolute atomic E-state index is 0.617. The average molecular weight is 809 g/mol. The van der Waals surface area contributed by atoms with Crippen LogP contribution in [-0.2, 0) is 0 Å². The quantitative estimate of drug-likeness (QED) is 0.161. The third-order valence-electron chi connectivity index (χ3n) is 11.9. The summed E-state index contributed by atoms with van der Waals surface area (Å²) in [6, 6.07) is 77.3. The van der Waals surface area contributed by atoms with Crippen molar-refractivity contribution in [1.82, 2.24) is 19.5 Å². The monoisotopic (exact) mass is 808 g/mol. The molecular formula is C57H36N4S. The topological polar surface area (TPSA) is 43.6 Å². The normalized spacial score (nSPS) is 11.5. The van der Waals surface area contributed by atoms with E-state index < -0.39 is 0 Å². The zero-order chi connectivity index (χ0) is 41.0. The third-order valence-corrected chi connectivity index (χ3v) is 13.1. The van der Waals surface area contributed by atoms with E-state index in [0.29, 0.717) is 17.5 Å². The number of rotatable bonds is 7. The molecule has 290 valence electrons. The maximum absolute atomic E-state index is 5.27. The summed E-state index contributed by atoms with van der Waals surface area (Å²) in [4.78, 5) is 15.6. The summed E-state index contributed by atoms with van der Waals surface area (Å²) < 4.78 is 4.96. The van der Waals surface area contributed by atoms with E-state index in [0.717, 1.165) is 33.5 Å². The van der Waals surface area contributed by atoms with Crippen LogP contribution in [0.25, 0.3) is 115 Å². The van der Waals surface area contributed by atoms with Crippen LogP contribution >= 0.6 is 11.3 Å². The Morgan fingerprint density at radius 3 is 1.55 bits per heavy atom. The molecular weight excluding hydrogens is 773 g/mol. The number of hydrogen-bond acceptors (Lipinski definition) is 4. The van der Waals surface area contributed by atoms with Crippen molar-refractivity contribution < 1.29 is 0 Å². The molecule has 0 N–H and O–H groups in total. The van der Waals surface area contributed by atoms with Crippen LogP contribution in [0.1, 0.15) is 0 Å². The Kier molecular flexibility index (Phi) is 8.65. The van der Waals surface area contributed by atoms with E-state index in [4.69, 9.17) is 15.0 Å². The van der Waals surface area contributed by atoms with E-state index in [1.54, 1.807) is 0 Å². The first kappa shape index (κ1) is 35.9. The Bertz CT molecular complexity index is 3610. The molecule has 62 heavy (non-hydrogen) atoms. The number of hydrogen-bond donors (Lipinski definition) is 0. The van der Waals surface area contributed by atoms with E-state index in [-0.39, 0.29) is 0 Å². The Labute approximate surface area is 362 Å². The molecule has 0 spiro atoms. The first-order chi connectivity index (χ1) is 30.7. The largest absolute Gasteiger partial charge is 0.307 e. The highest BCUT2D eigenvalue weighted by Crippen LogP contribution is 2.46. The molecule has 0 amide bonds. The molecule has 0 unspecified atom stereocenters. The van der Waals surface area contributed by atoms with Gasteiger partial charge in [0.2, 0.25) is 0 Å². The highest BCUT2D eigenvalue weighted by atomic mass is 32.1. The predicted octanol–water partition coefficient (Wildman–Crippen LogP) is 15.3. The van der Waals surface area contributed by atoms with Gasteiger partial charge in [0, 0.05) is 42.9 Å². The van der Waals surface area contributed by atoms with Crippen LogP contribution in [0.3, 0.4) is 0 Å². The van der Waals surface area contributed by atoms with Crippen molar-refractivity contribution in [2.24, 2.45) is 0 Å². The number of aromatic nitrogens is 4. The predicted molar refractivity (Wildman–Crippen MR) is 260 cm³/mol. The van der Waals surface area contributed by atoms with Gasteiger partial charge in [0.05, 0.1) is 21.4 Å². The van der Waals surface area contributed by atoms with Crippen LogP contribution in [0.5, 0.6) is 0 Å². The molecule has 4 nitrogen and oxygen atoms in total.